The molecule has 130 valence electrons. The third-order valence-corrected chi connectivity index (χ3v) is 4.22. The largest absolute Gasteiger partial charge is 0.341 e. The molecule has 1 aromatic rings. The Morgan fingerprint density at radius 1 is 1.12 bits per heavy atom. The topological polar surface area (TPSA) is 90.5 Å². The summed E-state index contributed by atoms with van der Waals surface area (Å²) in [4.78, 5) is 37.0. The smallest absolute Gasteiger partial charge is 0.315 e. The zero-order valence-corrected chi connectivity index (χ0v) is 15.1. The van der Waals surface area contributed by atoms with Crippen LogP contribution in [0.15, 0.2) is 22.7 Å². The predicted octanol–water partition coefficient (Wildman–Crippen LogP) is 1.62. The summed E-state index contributed by atoms with van der Waals surface area (Å²) < 4.78 is 0.929. The highest BCUT2D eigenvalue weighted by molar-refractivity contribution is 9.10. The van der Waals surface area contributed by atoms with Gasteiger partial charge in [-0.05, 0) is 43.5 Å². The Morgan fingerprint density at radius 2 is 1.79 bits per heavy atom. The molecule has 0 bridgehead atoms. The molecule has 1 aromatic carbocycles. The number of amides is 4. The molecule has 8 heteroatoms. The van der Waals surface area contributed by atoms with E-state index in [9.17, 15) is 14.4 Å². The highest BCUT2D eigenvalue weighted by atomic mass is 79.9. The van der Waals surface area contributed by atoms with Gasteiger partial charge in [0.2, 0.25) is 11.8 Å². The lowest BCUT2D eigenvalue weighted by Gasteiger charge is -2.15. The van der Waals surface area contributed by atoms with Crippen LogP contribution in [0.4, 0.5) is 10.5 Å². The lowest BCUT2D eigenvalue weighted by molar-refractivity contribution is -0.129. The van der Waals surface area contributed by atoms with Crippen molar-refractivity contribution in [1.29, 1.82) is 0 Å². The van der Waals surface area contributed by atoms with Crippen LogP contribution in [0.2, 0.25) is 0 Å². The van der Waals surface area contributed by atoms with E-state index in [4.69, 9.17) is 0 Å². The van der Waals surface area contributed by atoms with Gasteiger partial charge < -0.3 is 20.9 Å². The Labute approximate surface area is 149 Å². The molecule has 0 aromatic heterocycles. The zero-order chi connectivity index (χ0) is 17.5. The summed E-state index contributed by atoms with van der Waals surface area (Å²) in [6.45, 7) is 3.15. The second kappa shape index (κ2) is 8.68. The molecular weight excluding hydrogens is 376 g/mol. The van der Waals surface area contributed by atoms with Crippen molar-refractivity contribution < 1.29 is 14.4 Å². The number of benzene rings is 1. The number of hydrogen-bond donors (Lipinski definition) is 3. The number of aryl methyl sites for hydroxylation is 1. The first-order valence-electron chi connectivity index (χ1n) is 7.81. The van der Waals surface area contributed by atoms with Crippen LogP contribution in [0.25, 0.3) is 0 Å². The lowest BCUT2D eigenvalue weighted by Crippen LogP contribution is -2.44. The molecular formula is C16H21BrN4O3. The highest BCUT2D eigenvalue weighted by Gasteiger charge is 2.18. The second-order valence-electron chi connectivity index (χ2n) is 5.63. The van der Waals surface area contributed by atoms with Crippen LogP contribution < -0.4 is 16.0 Å². The number of rotatable bonds is 5. The number of hydrogen-bond acceptors (Lipinski definition) is 3. The van der Waals surface area contributed by atoms with Gasteiger partial charge in [-0.3, -0.25) is 9.59 Å². The summed E-state index contributed by atoms with van der Waals surface area (Å²) in [6, 6.07) is 4.96. The quantitative estimate of drug-likeness (QED) is 0.705. The maximum atomic E-state index is 11.9. The summed E-state index contributed by atoms with van der Waals surface area (Å²) >= 11 is 3.36. The van der Waals surface area contributed by atoms with Crippen molar-refractivity contribution in [2.45, 2.75) is 19.8 Å². The van der Waals surface area contributed by atoms with E-state index in [0.29, 0.717) is 5.69 Å². The SMILES string of the molecule is Cc1cc(Br)ccc1NC(=O)CNC(=O)NCC(=O)N1CCCC1. The van der Waals surface area contributed by atoms with Crippen molar-refractivity contribution >= 4 is 39.5 Å². The molecule has 0 atom stereocenters. The number of urea groups is 1. The van der Waals surface area contributed by atoms with Crippen molar-refractivity contribution in [2.24, 2.45) is 0 Å². The van der Waals surface area contributed by atoms with Crippen LogP contribution in [0.1, 0.15) is 18.4 Å². The van der Waals surface area contributed by atoms with Crippen LogP contribution >= 0.6 is 15.9 Å². The molecule has 0 aliphatic carbocycles. The highest BCUT2D eigenvalue weighted by Crippen LogP contribution is 2.19. The van der Waals surface area contributed by atoms with Crippen LogP contribution in [-0.2, 0) is 9.59 Å². The minimum absolute atomic E-state index is 0.0563. The summed E-state index contributed by atoms with van der Waals surface area (Å²) in [5.74, 6) is -0.431. The average molecular weight is 397 g/mol. The van der Waals surface area contributed by atoms with Gasteiger partial charge in [0.15, 0.2) is 0 Å². The molecule has 3 N–H and O–H groups in total. The number of nitrogens with one attached hydrogen (secondary N) is 3. The summed E-state index contributed by atoms with van der Waals surface area (Å²) in [5, 5.41) is 7.63. The van der Waals surface area contributed by atoms with Crippen LogP contribution in [0.5, 0.6) is 0 Å². The molecule has 7 nitrogen and oxygen atoms in total. The maximum Gasteiger partial charge on any atom is 0.315 e. The number of carbonyl (C=O) groups excluding carboxylic acids is 3. The van der Waals surface area contributed by atoms with E-state index in [1.54, 1.807) is 11.0 Å². The van der Waals surface area contributed by atoms with Gasteiger partial charge in [-0.15, -0.1) is 0 Å². The van der Waals surface area contributed by atoms with E-state index in [-0.39, 0.29) is 24.9 Å². The van der Waals surface area contributed by atoms with Gasteiger partial charge in [0.25, 0.3) is 0 Å². The Balaban J connectivity index is 1.69. The van der Waals surface area contributed by atoms with E-state index >= 15 is 0 Å². The van der Waals surface area contributed by atoms with E-state index in [2.05, 4.69) is 31.9 Å². The van der Waals surface area contributed by atoms with Crippen LogP contribution in [0, 0.1) is 6.92 Å². The summed E-state index contributed by atoms with van der Waals surface area (Å²) in [5.41, 5.74) is 1.60. The fourth-order valence-electron chi connectivity index (χ4n) is 2.42. The molecule has 1 fully saturated rings. The molecule has 2 rings (SSSR count). The van der Waals surface area contributed by atoms with Gasteiger partial charge in [-0.25, -0.2) is 4.79 Å². The molecule has 1 aliphatic heterocycles. The van der Waals surface area contributed by atoms with Crippen molar-refractivity contribution in [1.82, 2.24) is 15.5 Å². The maximum absolute atomic E-state index is 11.9. The van der Waals surface area contributed by atoms with E-state index in [1.165, 1.54) is 0 Å². The van der Waals surface area contributed by atoms with Gasteiger partial charge in [0, 0.05) is 23.2 Å². The molecule has 4 amide bonds. The summed E-state index contributed by atoms with van der Waals surface area (Å²) in [7, 11) is 0. The monoisotopic (exact) mass is 396 g/mol. The first-order chi connectivity index (χ1) is 11.5. The normalized spacial score (nSPS) is 13.5. The average Bonchev–Trinajstić information content (AvgIpc) is 3.08. The first kappa shape index (κ1) is 18.3. The van der Waals surface area contributed by atoms with E-state index < -0.39 is 6.03 Å². The van der Waals surface area contributed by atoms with Gasteiger partial charge in [0.1, 0.15) is 0 Å². The van der Waals surface area contributed by atoms with E-state index in [0.717, 1.165) is 36.0 Å². The first-order valence-corrected chi connectivity index (χ1v) is 8.60. The number of halogens is 1. The molecule has 0 unspecified atom stereocenters. The van der Waals surface area contributed by atoms with Crippen molar-refractivity contribution in [3.05, 3.63) is 28.2 Å². The molecule has 0 radical (unpaired) electrons. The summed E-state index contributed by atoms with van der Waals surface area (Å²) in [6.07, 6.45) is 2.02. The predicted molar refractivity (Wildman–Crippen MR) is 94.7 cm³/mol. The van der Waals surface area contributed by atoms with E-state index in [1.807, 2.05) is 19.1 Å². The van der Waals surface area contributed by atoms with Crippen LogP contribution in [0.3, 0.4) is 0 Å². The standard InChI is InChI=1S/C16H21BrN4O3/c1-11-8-12(17)4-5-13(11)20-14(22)9-18-16(24)19-10-15(23)21-6-2-3-7-21/h4-5,8H,2-3,6-7,9-10H2,1H3,(H,20,22)(H2,18,19,24). The fraction of sp³-hybridized carbons (Fsp3) is 0.438. The van der Waals surface area contributed by atoms with Crippen LogP contribution in [-0.4, -0.2) is 48.9 Å². The molecule has 1 saturated heterocycles. The molecule has 1 aliphatic rings. The Bertz CT molecular complexity index is 630. The van der Waals surface area contributed by atoms with Gasteiger partial charge in [0.05, 0.1) is 13.1 Å². The van der Waals surface area contributed by atoms with Crippen molar-refractivity contribution in [3.63, 3.8) is 0 Å². The number of anilines is 1. The molecule has 24 heavy (non-hydrogen) atoms. The lowest BCUT2D eigenvalue weighted by atomic mass is 10.2. The third kappa shape index (κ3) is 5.52. The number of likely N-dealkylation sites (tertiary alicyclic amines) is 1. The minimum atomic E-state index is -0.537. The van der Waals surface area contributed by atoms with Gasteiger partial charge >= 0.3 is 6.03 Å². The molecule has 0 spiro atoms. The van der Waals surface area contributed by atoms with Gasteiger partial charge in [-0.2, -0.15) is 0 Å². The fourth-order valence-corrected chi connectivity index (χ4v) is 2.89. The molecule has 1 heterocycles. The molecule has 0 saturated carbocycles. The minimum Gasteiger partial charge on any atom is -0.341 e. The van der Waals surface area contributed by atoms with Crippen molar-refractivity contribution in [3.8, 4) is 0 Å². The Morgan fingerprint density at radius 3 is 2.46 bits per heavy atom. The zero-order valence-electron chi connectivity index (χ0n) is 13.5. The Kier molecular flexibility index (Phi) is 6.60. The van der Waals surface area contributed by atoms with Gasteiger partial charge in [-0.1, -0.05) is 15.9 Å². The number of nitrogens with zero attached hydrogens (tertiary/aromatic N) is 1. The third-order valence-electron chi connectivity index (χ3n) is 3.73. The number of carbonyl (C=O) groups is 3. The second-order valence-corrected chi connectivity index (χ2v) is 6.55. The van der Waals surface area contributed by atoms with Crippen molar-refractivity contribution in [2.75, 3.05) is 31.5 Å². The Hall–Kier alpha value is -2.09.